The summed E-state index contributed by atoms with van der Waals surface area (Å²) >= 11 is 0. The highest BCUT2D eigenvalue weighted by Crippen LogP contribution is 2.44. The van der Waals surface area contributed by atoms with Crippen LogP contribution in [0.4, 0.5) is 0 Å². The maximum Gasteiger partial charge on any atom is 0.0641 e. The first-order chi connectivity index (χ1) is 28.3. The van der Waals surface area contributed by atoms with Crippen LogP contribution in [0.1, 0.15) is 0 Å². The van der Waals surface area contributed by atoms with Crippen LogP contribution >= 0.6 is 0 Å². The molecular weight excluding hydrogens is 691 g/mol. The second-order valence-electron chi connectivity index (χ2n) is 14.9. The predicted octanol–water partition coefficient (Wildman–Crippen LogP) is 14.3. The van der Waals surface area contributed by atoms with Gasteiger partial charge < -0.3 is 13.7 Å². The molecule has 0 N–H and O–H groups in total. The number of hydrogen-bond acceptors (Lipinski definition) is 0. The molecule has 0 aliphatic heterocycles. The lowest BCUT2D eigenvalue weighted by Gasteiger charge is -2.11. The fourth-order valence-corrected chi connectivity index (χ4v) is 9.31. The number of fused-ring (bicyclic) bond motifs is 10. The molecule has 0 bridgehead atoms. The fraction of sp³-hybridized carbons (Fsp3) is 0. The van der Waals surface area contributed by atoms with Crippen LogP contribution in [0, 0.1) is 0 Å². The molecule has 57 heavy (non-hydrogen) atoms. The van der Waals surface area contributed by atoms with Gasteiger partial charge in [-0.3, -0.25) is 0 Å². The summed E-state index contributed by atoms with van der Waals surface area (Å²) in [6.45, 7) is 0. The summed E-state index contributed by atoms with van der Waals surface area (Å²) in [5.41, 5.74) is 15.5. The Morgan fingerprint density at radius 3 is 1.35 bits per heavy atom. The van der Waals surface area contributed by atoms with Crippen molar-refractivity contribution >= 4 is 65.4 Å². The van der Waals surface area contributed by atoms with Gasteiger partial charge in [0.15, 0.2) is 0 Å². The number of benzene rings is 9. The van der Waals surface area contributed by atoms with Crippen molar-refractivity contribution in [2.45, 2.75) is 0 Å². The van der Waals surface area contributed by atoms with Crippen LogP contribution in [0.5, 0.6) is 0 Å². The molecule has 266 valence electrons. The third kappa shape index (κ3) is 4.79. The van der Waals surface area contributed by atoms with Gasteiger partial charge in [0.25, 0.3) is 0 Å². The van der Waals surface area contributed by atoms with Crippen molar-refractivity contribution in [3.63, 3.8) is 0 Å². The average molecular weight is 726 g/mol. The molecule has 0 unspecified atom stereocenters. The number of para-hydroxylation sites is 3. The predicted molar refractivity (Wildman–Crippen MR) is 240 cm³/mol. The normalized spacial score (nSPS) is 11.9. The van der Waals surface area contributed by atoms with Gasteiger partial charge in [-0.25, -0.2) is 0 Å². The van der Waals surface area contributed by atoms with E-state index in [1.807, 2.05) is 0 Å². The molecule has 3 heteroatoms. The first kappa shape index (κ1) is 31.7. The molecule has 0 atom stereocenters. The zero-order valence-electron chi connectivity index (χ0n) is 31.0. The van der Waals surface area contributed by atoms with Gasteiger partial charge in [0, 0.05) is 49.4 Å². The Morgan fingerprint density at radius 1 is 0.228 bits per heavy atom. The van der Waals surface area contributed by atoms with Crippen molar-refractivity contribution in [3.05, 3.63) is 212 Å². The van der Waals surface area contributed by atoms with Crippen LogP contribution < -0.4 is 0 Å². The first-order valence-corrected chi connectivity index (χ1v) is 19.6. The van der Waals surface area contributed by atoms with Gasteiger partial charge >= 0.3 is 0 Å². The number of hydrogen-bond donors (Lipinski definition) is 0. The van der Waals surface area contributed by atoms with Gasteiger partial charge in [0.2, 0.25) is 0 Å². The third-order valence-electron chi connectivity index (χ3n) is 11.8. The maximum absolute atomic E-state index is 2.48. The quantitative estimate of drug-likeness (QED) is 0.168. The molecule has 0 radical (unpaired) electrons. The highest BCUT2D eigenvalue weighted by atomic mass is 15.0. The number of aromatic nitrogens is 3. The zero-order chi connectivity index (χ0) is 37.5. The number of rotatable bonds is 5. The third-order valence-corrected chi connectivity index (χ3v) is 11.8. The van der Waals surface area contributed by atoms with Gasteiger partial charge in [-0.2, -0.15) is 0 Å². The zero-order valence-corrected chi connectivity index (χ0v) is 31.0. The molecule has 3 heterocycles. The summed E-state index contributed by atoms with van der Waals surface area (Å²) in [5, 5.41) is 7.43. The summed E-state index contributed by atoms with van der Waals surface area (Å²) in [6.07, 6.45) is 0. The van der Waals surface area contributed by atoms with Crippen molar-refractivity contribution < 1.29 is 0 Å². The second-order valence-corrected chi connectivity index (χ2v) is 14.9. The largest absolute Gasteiger partial charge is 0.309 e. The van der Waals surface area contributed by atoms with E-state index in [9.17, 15) is 0 Å². The van der Waals surface area contributed by atoms with Crippen LogP contribution in [0.15, 0.2) is 212 Å². The Morgan fingerprint density at radius 2 is 0.684 bits per heavy atom. The van der Waals surface area contributed by atoms with Crippen molar-refractivity contribution in [1.29, 1.82) is 0 Å². The van der Waals surface area contributed by atoms with Crippen LogP contribution in [0.2, 0.25) is 0 Å². The molecule has 0 spiro atoms. The van der Waals surface area contributed by atoms with Crippen molar-refractivity contribution in [2.24, 2.45) is 0 Å². The minimum absolute atomic E-state index is 1.14. The lowest BCUT2D eigenvalue weighted by molar-refractivity contribution is 1.16. The SMILES string of the molecule is c1ccc(-c2ccc3c(c2)c2c(ccc4c5cc(-c6ccccc6)ccc5n(-c5ccccc5)c42)n3-c2ccc3c(c2)c2ccccc2n3-c2ccccc2)cc1. The van der Waals surface area contributed by atoms with E-state index in [1.165, 1.54) is 87.7 Å². The summed E-state index contributed by atoms with van der Waals surface area (Å²) in [4.78, 5) is 0. The van der Waals surface area contributed by atoms with Gasteiger partial charge in [-0.05, 0) is 101 Å². The molecule has 0 amide bonds. The molecule has 9 aromatic carbocycles. The van der Waals surface area contributed by atoms with Gasteiger partial charge in [0.1, 0.15) is 0 Å². The van der Waals surface area contributed by atoms with Crippen LogP contribution in [-0.4, -0.2) is 13.7 Å². The maximum atomic E-state index is 2.48. The Bertz CT molecular complexity index is 3480. The summed E-state index contributed by atoms with van der Waals surface area (Å²) in [6, 6.07) is 77.4. The molecule has 0 aliphatic carbocycles. The molecular formula is C54H35N3. The Labute approximate surface area is 329 Å². The minimum atomic E-state index is 1.14. The molecule has 0 aliphatic rings. The van der Waals surface area contributed by atoms with E-state index in [4.69, 9.17) is 0 Å². The van der Waals surface area contributed by atoms with Crippen molar-refractivity contribution in [2.75, 3.05) is 0 Å². The molecule has 0 fully saturated rings. The van der Waals surface area contributed by atoms with Gasteiger partial charge in [-0.1, -0.05) is 133 Å². The molecule has 3 nitrogen and oxygen atoms in total. The fourth-order valence-electron chi connectivity index (χ4n) is 9.31. The average Bonchev–Trinajstić information content (AvgIpc) is 3.92. The lowest BCUT2D eigenvalue weighted by Crippen LogP contribution is -1.96. The van der Waals surface area contributed by atoms with E-state index in [0.29, 0.717) is 0 Å². The number of nitrogens with zero attached hydrogens (tertiary/aromatic N) is 3. The first-order valence-electron chi connectivity index (χ1n) is 19.6. The standard InChI is InChI=1S/C54H35N3/c1-5-15-36(16-6-1)38-25-29-50-45(33-38)44-28-32-52-53(54(44)57(50)41-21-11-4-12-22-41)47-34-39(37-17-7-2-8-18-37)26-30-51(47)56(52)42-27-31-49-46(35-42)43-23-13-14-24-48(43)55(49)40-19-9-3-10-20-40/h1-35H. The van der Waals surface area contributed by atoms with E-state index in [-0.39, 0.29) is 0 Å². The summed E-state index contributed by atoms with van der Waals surface area (Å²) in [5.74, 6) is 0. The summed E-state index contributed by atoms with van der Waals surface area (Å²) < 4.78 is 7.35. The summed E-state index contributed by atoms with van der Waals surface area (Å²) in [7, 11) is 0. The van der Waals surface area contributed by atoms with Crippen molar-refractivity contribution in [1.82, 2.24) is 13.7 Å². The highest BCUT2D eigenvalue weighted by Gasteiger charge is 2.23. The monoisotopic (exact) mass is 725 g/mol. The molecule has 12 aromatic rings. The van der Waals surface area contributed by atoms with E-state index in [2.05, 4.69) is 226 Å². The minimum Gasteiger partial charge on any atom is -0.309 e. The highest BCUT2D eigenvalue weighted by molar-refractivity contribution is 6.27. The molecule has 3 aromatic heterocycles. The Kier molecular flexibility index (Phi) is 6.93. The van der Waals surface area contributed by atoms with E-state index in [0.717, 1.165) is 17.1 Å². The van der Waals surface area contributed by atoms with Crippen LogP contribution in [0.3, 0.4) is 0 Å². The molecule has 12 rings (SSSR count). The smallest absolute Gasteiger partial charge is 0.0641 e. The van der Waals surface area contributed by atoms with E-state index in [1.54, 1.807) is 0 Å². The van der Waals surface area contributed by atoms with Crippen LogP contribution in [-0.2, 0) is 0 Å². The van der Waals surface area contributed by atoms with Gasteiger partial charge in [-0.15, -0.1) is 0 Å². The van der Waals surface area contributed by atoms with Gasteiger partial charge in [0.05, 0.1) is 33.1 Å². The van der Waals surface area contributed by atoms with Crippen molar-refractivity contribution in [3.8, 4) is 39.3 Å². The molecule has 0 saturated carbocycles. The van der Waals surface area contributed by atoms with Crippen LogP contribution in [0.25, 0.3) is 105 Å². The topological polar surface area (TPSA) is 14.8 Å². The second kappa shape index (κ2) is 12.5. The Balaban J connectivity index is 1.21. The Hall–Kier alpha value is -7.62. The molecule has 0 saturated heterocycles. The van der Waals surface area contributed by atoms with E-state index < -0.39 is 0 Å². The van der Waals surface area contributed by atoms with E-state index >= 15 is 0 Å². The lowest BCUT2D eigenvalue weighted by atomic mass is 10.0.